The van der Waals surface area contributed by atoms with Crippen LogP contribution in [0.3, 0.4) is 0 Å². The number of non-ortho nitro benzene ring substituents is 1. The van der Waals surface area contributed by atoms with E-state index in [-0.39, 0.29) is 5.69 Å². The normalized spacial score (nSPS) is 22.6. The Morgan fingerprint density at radius 1 is 1.14 bits per heavy atom. The highest BCUT2D eigenvalue weighted by molar-refractivity contribution is 5.80. The van der Waals surface area contributed by atoms with Gasteiger partial charge in [0.15, 0.2) is 0 Å². The monoisotopic (exact) mass is 301 g/mol. The van der Waals surface area contributed by atoms with Crippen molar-refractivity contribution in [3.05, 3.63) is 58.6 Å². The van der Waals surface area contributed by atoms with Gasteiger partial charge in [0, 0.05) is 24.7 Å². The lowest BCUT2D eigenvalue weighted by atomic mass is 10.1. The minimum Gasteiger partial charge on any atom is -0.284 e. The van der Waals surface area contributed by atoms with Gasteiger partial charge in [0.2, 0.25) is 0 Å². The maximum Gasteiger partial charge on any atom is 0.310 e. The summed E-state index contributed by atoms with van der Waals surface area (Å²) in [6, 6.07) is 13.9. The zero-order valence-electron chi connectivity index (χ0n) is 11.5. The van der Waals surface area contributed by atoms with E-state index >= 15 is 0 Å². The Morgan fingerprint density at radius 2 is 1.91 bits per heavy atom. The molecule has 8 heteroatoms. The van der Waals surface area contributed by atoms with Crippen molar-refractivity contribution in [1.82, 2.24) is 0 Å². The topological polar surface area (TPSA) is 77.3 Å². The molecule has 0 aromatic heterocycles. The first-order valence-electron chi connectivity index (χ1n) is 6.57. The van der Waals surface area contributed by atoms with Crippen LogP contribution in [0.1, 0.15) is 6.92 Å². The van der Waals surface area contributed by atoms with E-state index in [4.69, 9.17) is 14.7 Å². The number of nitro groups is 1. The summed E-state index contributed by atoms with van der Waals surface area (Å²) in [5, 5.41) is 12.0. The Balaban J connectivity index is 1.91. The van der Waals surface area contributed by atoms with Gasteiger partial charge in [-0.2, -0.15) is 4.84 Å². The fourth-order valence-corrected chi connectivity index (χ4v) is 2.58. The van der Waals surface area contributed by atoms with Crippen LogP contribution >= 0.6 is 0 Å². The van der Waals surface area contributed by atoms with Gasteiger partial charge in [0.05, 0.1) is 10.6 Å². The second-order valence-electron chi connectivity index (χ2n) is 5.01. The van der Waals surface area contributed by atoms with Gasteiger partial charge in [-0.05, 0) is 18.2 Å². The Kier molecular flexibility index (Phi) is 2.61. The van der Waals surface area contributed by atoms with E-state index in [0.29, 0.717) is 11.4 Å². The van der Waals surface area contributed by atoms with Crippen LogP contribution in [0.4, 0.5) is 22.7 Å². The van der Waals surface area contributed by atoms with E-state index in [1.54, 1.807) is 17.9 Å². The largest absolute Gasteiger partial charge is 0.310 e. The Morgan fingerprint density at radius 3 is 2.64 bits per heavy atom. The minimum atomic E-state index is -1.19. The standard InChI is InChI=1S/C14H11N3O5/c1-14-15(10-5-3-2-4-6-10)12-8-7-11(16(18)19)9-13(12)17(20-14)22-21-14/h2-9H,1H3. The Labute approximate surface area is 125 Å². The molecule has 1 fully saturated rings. The van der Waals surface area contributed by atoms with Crippen molar-refractivity contribution in [2.45, 2.75) is 12.8 Å². The molecular formula is C14H11N3O5. The van der Waals surface area contributed by atoms with Gasteiger partial charge in [0.1, 0.15) is 5.69 Å². The van der Waals surface area contributed by atoms with Crippen molar-refractivity contribution in [3.63, 3.8) is 0 Å². The molecule has 1 unspecified atom stereocenters. The highest BCUT2D eigenvalue weighted by Gasteiger charge is 2.52. The molecule has 0 N–H and O–H groups in total. The van der Waals surface area contributed by atoms with Crippen LogP contribution in [0.25, 0.3) is 0 Å². The van der Waals surface area contributed by atoms with Gasteiger partial charge in [-0.25, -0.2) is 0 Å². The third-order valence-electron chi connectivity index (χ3n) is 3.54. The third-order valence-corrected chi connectivity index (χ3v) is 3.54. The van der Waals surface area contributed by atoms with Crippen LogP contribution in [-0.4, -0.2) is 10.8 Å². The molecule has 2 aliphatic heterocycles. The molecule has 1 saturated heterocycles. The van der Waals surface area contributed by atoms with E-state index in [1.807, 2.05) is 30.3 Å². The van der Waals surface area contributed by atoms with Crippen LogP contribution in [0, 0.1) is 10.1 Å². The lowest BCUT2D eigenvalue weighted by molar-refractivity contribution is -0.384. The first-order chi connectivity index (χ1) is 10.6. The summed E-state index contributed by atoms with van der Waals surface area (Å²) in [7, 11) is 0. The summed E-state index contributed by atoms with van der Waals surface area (Å²) in [4.78, 5) is 28.2. The summed E-state index contributed by atoms with van der Waals surface area (Å²) >= 11 is 0. The number of nitrogens with zero attached hydrogens (tertiary/aromatic N) is 3. The van der Waals surface area contributed by atoms with Gasteiger partial charge in [-0.15, -0.1) is 4.89 Å². The SMILES string of the molecule is CC12OON(O1)c1cc([N+](=O)[O-])ccc1N2c1ccccc1. The molecule has 8 nitrogen and oxygen atoms in total. The van der Waals surface area contributed by atoms with Crippen molar-refractivity contribution >= 4 is 22.7 Å². The summed E-state index contributed by atoms with van der Waals surface area (Å²) in [5.41, 5.74) is 1.83. The number of nitro benzene ring substituents is 1. The molecule has 0 saturated carbocycles. The molecule has 22 heavy (non-hydrogen) atoms. The highest BCUT2D eigenvalue weighted by Crippen LogP contribution is 2.50. The molecular weight excluding hydrogens is 290 g/mol. The fourth-order valence-electron chi connectivity index (χ4n) is 2.58. The van der Waals surface area contributed by atoms with Crippen molar-refractivity contribution in [3.8, 4) is 0 Å². The molecule has 0 radical (unpaired) electrons. The Bertz CT molecular complexity index is 753. The maximum absolute atomic E-state index is 11.0. The quantitative estimate of drug-likeness (QED) is 0.479. The van der Waals surface area contributed by atoms with E-state index in [2.05, 4.69) is 0 Å². The van der Waals surface area contributed by atoms with Gasteiger partial charge in [0.25, 0.3) is 5.69 Å². The smallest absolute Gasteiger partial charge is 0.284 e. The van der Waals surface area contributed by atoms with Gasteiger partial charge in [-0.3, -0.25) is 15.0 Å². The van der Waals surface area contributed by atoms with Crippen LogP contribution in [0.2, 0.25) is 0 Å². The van der Waals surface area contributed by atoms with Gasteiger partial charge >= 0.3 is 5.91 Å². The van der Waals surface area contributed by atoms with Crippen LogP contribution in [0.5, 0.6) is 0 Å². The van der Waals surface area contributed by atoms with E-state index in [9.17, 15) is 10.1 Å². The average Bonchev–Trinajstić information content (AvgIpc) is 2.86. The molecule has 1 atom stereocenters. The maximum atomic E-state index is 11.0. The van der Waals surface area contributed by atoms with Crippen molar-refractivity contribution < 1.29 is 19.6 Å². The molecule has 112 valence electrons. The predicted octanol–water partition coefficient (Wildman–Crippen LogP) is 3.04. The second-order valence-corrected chi connectivity index (χ2v) is 5.01. The zero-order chi connectivity index (χ0) is 15.3. The average molecular weight is 301 g/mol. The molecule has 2 heterocycles. The number of para-hydroxylation sites is 1. The lowest BCUT2D eigenvalue weighted by Crippen LogP contribution is -2.48. The number of rotatable bonds is 2. The molecule has 4 rings (SSSR count). The molecule has 0 amide bonds. The minimum absolute atomic E-state index is 0.0607. The lowest BCUT2D eigenvalue weighted by Gasteiger charge is -2.39. The van der Waals surface area contributed by atoms with Crippen LogP contribution in [-0.2, 0) is 14.7 Å². The van der Waals surface area contributed by atoms with Crippen molar-refractivity contribution in [1.29, 1.82) is 0 Å². The molecule has 2 aromatic carbocycles. The summed E-state index contributed by atoms with van der Waals surface area (Å²) in [6.45, 7) is 1.70. The first-order valence-corrected chi connectivity index (χ1v) is 6.57. The van der Waals surface area contributed by atoms with E-state index < -0.39 is 10.8 Å². The fraction of sp³-hybridized carbons (Fsp3) is 0.143. The van der Waals surface area contributed by atoms with Gasteiger partial charge < -0.3 is 0 Å². The van der Waals surface area contributed by atoms with E-state index in [0.717, 1.165) is 10.9 Å². The number of hydrogen-bond acceptors (Lipinski definition) is 7. The number of benzene rings is 2. The molecule has 2 aromatic rings. The molecule has 0 spiro atoms. The van der Waals surface area contributed by atoms with Crippen LogP contribution in [0.15, 0.2) is 48.5 Å². The second kappa shape index (κ2) is 4.41. The Hall–Kier alpha value is -2.68. The first kappa shape index (κ1) is 13.0. The molecule has 2 aliphatic rings. The number of fused-ring (bicyclic) bond motifs is 4. The third kappa shape index (κ3) is 1.75. The van der Waals surface area contributed by atoms with Crippen molar-refractivity contribution in [2.75, 3.05) is 10.1 Å². The van der Waals surface area contributed by atoms with Crippen molar-refractivity contribution in [2.24, 2.45) is 0 Å². The molecule has 0 aliphatic carbocycles. The number of anilines is 3. The van der Waals surface area contributed by atoms with Gasteiger partial charge in [-0.1, -0.05) is 28.4 Å². The summed E-state index contributed by atoms with van der Waals surface area (Å²) in [5.74, 6) is -1.19. The molecule has 2 bridgehead atoms. The highest BCUT2D eigenvalue weighted by atomic mass is 17.4. The van der Waals surface area contributed by atoms with E-state index in [1.165, 1.54) is 12.1 Å². The zero-order valence-corrected chi connectivity index (χ0v) is 11.5. The summed E-state index contributed by atoms with van der Waals surface area (Å²) < 4.78 is 0. The number of hydrogen-bond donors (Lipinski definition) is 0. The summed E-state index contributed by atoms with van der Waals surface area (Å²) in [6.07, 6.45) is 0. The predicted molar refractivity (Wildman–Crippen MR) is 75.8 cm³/mol. The van der Waals surface area contributed by atoms with Crippen LogP contribution < -0.4 is 10.1 Å².